The molecule has 5 nitrogen and oxygen atoms in total. The topological polar surface area (TPSA) is 59.0 Å². The van der Waals surface area contributed by atoms with Crippen molar-refractivity contribution in [3.05, 3.63) is 23.0 Å². The molecule has 0 spiro atoms. The standard InChI is InChI=1S/C15H21N3O2S/c1-10(2)9-16-14(19)6-7-18-13-5-4-11(20-3)8-12(13)17-15(18)21/h4-5,8,10H,6-7,9H2,1-3H3,(H,16,19)(H,17,21). The molecule has 0 aliphatic heterocycles. The van der Waals surface area contributed by atoms with E-state index >= 15 is 0 Å². The van der Waals surface area contributed by atoms with Crippen molar-refractivity contribution in [3.8, 4) is 5.75 Å². The second-order valence-corrected chi connectivity index (χ2v) is 5.80. The summed E-state index contributed by atoms with van der Waals surface area (Å²) in [6.07, 6.45) is 0.417. The van der Waals surface area contributed by atoms with E-state index in [1.807, 2.05) is 22.8 Å². The number of hydrogen-bond donors (Lipinski definition) is 2. The van der Waals surface area contributed by atoms with E-state index in [1.165, 1.54) is 0 Å². The molecule has 0 atom stereocenters. The molecule has 2 aromatic rings. The monoisotopic (exact) mass is 307 g/mol. The zero-order chi connectivity index (χ0) is 15.4. The summed E-state index contributed by atoms with van der Waals surface area (Å²) in [5.41, 5.74) is 1.90. The molecule has 114 valence electrons. The fourth-order valence-corrected chi connectivity index (χ4v) is 2.41. The molecule has 1 heterocycles. The zero-order valence-corrected chi connectivity index (χ0v) is 13.4. The number of ether oxygens (including phenoxy) is 1. The average molecular weight is 307 g/mol. The van der Waals surface area contributed by atoms with Gasteiger partial charge < -0.3 is 19.6 Å². The van der Waals surface area contributed by atoms with Gasteiger partial charge in [0.05, 0.1) is 18.1 Å². The molecule has 2 rings (SSSR count). The molecule has 1 aromatic heterocycles. The number of H-pyrrole nitrogens is 1. The third-order valence-corrected chi connectivity index (χ3v) is 3.57. The van der Waals surface area contributed by atoms with Crippen molar-refractivity contribution >= 4 is 29.2 Å². The highest BCUT2D eigenvalue weighted by molar-refractivity contribution is 7.71. The first-order chi connectivity index (χ1) is 10.0. The van der Waals surface area contributed by atoms with Crippen molar-refractivity contribution in [2.24, 2.45) is 5.92 Å². The average Bonchev–Trinajstić information content (AvgIpc) is 2.77. The highest BCUT2D eigenvalue weighted by Gasteiger charge is 2.08. The van der Waals surface area contributed by atoms with E-state index in [-0.39, 0.29) is 5.91 Å². The Hall–Kier alpha value is -1.82. The van der Waals surface area contributed by atoms with Crippen molar-refractivity contribution in [2.45, 2.75) is 26.8 Å². The molecule has 0 radical (unpaired) electrons. The molecule has 1 aromatic carbocycles. The maximum atomic E-state index is 11.8. The number of carbonyl (C=O) groups excluding carboxylic acids is 1. The molecular weight excluding hydrogens is 286 g/mol. The summed E-state index contributed by atoms with van der Waals surface area (Å²) < 4.78 is 7.76. The minimum absolute atomic E-state index is 0.0495. The Morgan fingerprint density at radius 3 is 2.90 bits per heavy atom. The fraction of sp³-hybridized carbons (Fsp3) is 0.467. The summed E-state index contributed by atoms with van der Waals surface area (Å²) in [5, 5.41) is 2.91. The SMILES string of the molecule is COc1ccc2c(c1)[nH]c(=S)n2CCC(=O)NCC(C)C. The maximum Gasteiger partial charge on any atom is 0.221 e. The van der Waals surface area contributed by atoms with Gasteiger partial charge in [-0.1, -0.05) is 13.8 Å². The van der Waals surface area contributed by atoms with Crippen LogP contribution in [0.2, 0.25) is 0 Å². The van der Waals surface area contributed by atoms with Crippen molar-refractivity contribution < 1.29 is 9.53 Å². The fourth-order valence-electron chi connectivity index (χ4n) is 2.11. The van der Waals surface area contributed by atoms with Gasteiger partial charge in [-0.25, -0.2) is 0 Å². The van der Waals surface area contributed by atoms with Gasteiger partial charge in [-0.3, -0.25) is 4.79 Å². The molecule has 0 bridgehead atoms. The Kier molecular flexibility index (Phi) is 5.01. The van der Waals surface area contributed by atoms with Crippen LogP contribution >= 0.6 is 12.2 Å². The number of hydrogen-bond acceptors (Lipinski definition) is 3. The first kappa shape index (κ1) is 15.6. The molecule has 0 saturated heterocycles. The van der Waals surface area contributed by atoms with Crippen LogP contribution in [0.5, 0.6) is 5.75 Å². The molecule has 0 unspecified atom stereocenters. The molecule has 1 amide bonds. The van der Waals surface area contributed by atoms with Gasteiger partial charge in [0.15, 0.2) is 4.77 Å². The van der Waals surface area contributed by atoms with Gasteiger partial charge in [-0.15, -0.1) is 0 Å². The number of imidazole rings is 1. The van der Waals surface area contributed by atoms with Gasteiger partial charge in [0.1, 0.15) is 5.75 Å². The number of nitrogens with one attached hydrogen (secondary N) is 2. The molecular formula is C15H21N3O2S. The van der Waals surface area contributed by atoms with Crippen LogP contribution in [-0.2, 0) is 11.3 Å². The van der Waals surface area contributed by atoms with Crippen LogP contribution in [0.1, 0.15) is 20.3 Å². The van der Waals surface area contributed by atoms with E-state index in [2.05, 4.69) is 24.1 Å². The number of aromatic nitrogens is 2. The number of nitrogens with zero attached hydrogens (tertiary/aromatic N) is 1. The van der Waals surface area contributed by atoms with Gasteiger partial charge in [-0.2, -0.15) is 0 Å². The Morgan fingerprint density at radius 1 is 1.48 bits per heavy atom. The van der Waals surface area contributed by atoms with Gasteiger partial charge in [-0.05, 0) is 30.3 Å². The number of fused-ring (bicyclic) bond motifs is 1. The van der Waals surface area contributed by atoms with Crippen LogP contribution in [0.4, 0.5) is 0 Å². The van der Waals surface area contributed by atoms with Gasteiger partial charge in [0, 0.05) is 25.6 Å². The lowest BCUT2D eigenvalue weighted by Crippen LogP contribution is -2.28. The number of benzene rings is 1. The Balaban J connectivity index is 2.10. The van der Waals surface area contributed by atoms with Crippen LogP contribution in [-0.4, -0.2) is 29.1 Å². The predicted octanol–water partition coefficient (Wildman–Crippen LogP) is 2.87. The Morgan fingerprint density at radius 2 is 2.24 bits per heavy atom. The van der Waals surface area contributed by atoms with Crippen molar-refractivity contribution in [1.82, 2.24) is 14.9 Å². The third kappa shape index (κ3) is 3.85. The molecule has 0 aliphatic rings. The molecule has 0 saturated carbocycles. The van der Waals surface area contributed by atoms with Crippen LogP contribution < -0.4 is 10.1 Å². The first-order valence-corrected chi connectivity index (χ1v) is 7.45. The summed E-state index contributed by atoms with van der Waals surface area (Å²) in [7, 11) is 1.63. The molecule has 2 N–H and O–H groups in total. The number of amides is 1. The third-order valence-electron chi connectivity index (χ3n) is 3.25. The lowest BCUT2D eigenvalue weighted by Gasteiger charge is -2.08. The number of aryl methyl sites for hydroxylation is 1. The summed E-state index contributed by atoms with van der Waals surface area (Å²) in [6.45, 7) is 5.41. The predicted molar refractivity (Wildman–Crippen MR) is 86.1 cm³/mol. The van der Waals surface area contributed by atoms with Crippen LogP contribution in [0, 0.1) is 10.7 Å². The van der Waals surface area contributed by atoms with Crippen molar-refractivity contribution in [1.29, 1.82) is 0 Å². The molecule has 6 heteroatoms. The molecule has 0 aliphatic carbocycles. The van der Waals surface area contributed by atoms with Crippen molar-refractivity contribution in [3.63, 3.8) is 0 Å². The zero-order valence-electron chi connectivity index (χ0n) is 12.6. The maximum absolute atomic E-state index is 11.8. The van der Waals surface area contributed by atoms with E-state index in [1.54, 1.807) is 7.11 Å². The minimum atomic E-state index is 0.0495. The lowest BCUT2D eigenvalue weighted by atomic mass is 10.2. The normalized spacial score (nSPS) is 11.0. The summed E-state index contributed by atoms with van der Waals surface area (Å²) in [5.74, 6) is 1.28. The quantitative estimate of drug-likeness (QED) is 0.807. The van der Waals surface area contributed by atoms with E-state index in [0.717, 1.165) is 16.8 Å². The van der Waals surface area contributed by atoms with Gasteiger partial charge in [0.25, 0.3) is 0 Å². The number of aromatic amines is 1. The van der Waals surface area contributed by atoms with E-state index < -0.39 is 0 Å². The highest BCUT2D eigenvalue weighted by atomic mass is 32.1. The van der Waals surface area contributed by atoms with Crippen LogP contribution in [0.15, 0.2) is 18.2 Å². The van der Waals surface area contributed by atoms with E-state index in [4.69, 9.17) is 17.0 Å². The van der Waals surface area contributed by atoms with Gasteiger partial charge in [0.2, 0.25) is 5.91 Å². The van der Waals surface area contributed by atoms with E-state index in [0.29, 0.717) is 30.2 Å². The second-order valence-electron chi connectivity index (χ2n) is 5.41. The summed E-state index contributed by atoms with van der Waals surface area (Å²) >= 11 is 5.33. The summed E-state index contributed by atoms with van der Waals surface area (Å²) in [6, 6.07) is 5.74. The number of methoxy groups -OCH3 is 1. The number of carbonyl (C=O) groups is 1. The second kappa shape index (κ2) is 6.76. The Labute approximate surface area is 129 Å². The molecule has 0 fully saturated rings. The van der Waals surface area contributed by atoms with Crippen molar-refractivity contribution in [2.75, 3.05) is 13.7 Å². The Bertz CT molecular complexity index is 688. The largest absolute Gasteiger partial charge is 0.497 e. The van der Waals surface area contributed by atoms with Crippen LogP contribution in [0.25, 0.3) is 11.0 Å². The van der Waals surface area contributed by atoms with Gasteiger partial charge >= 0.3 is 0 Å². The lowest BCUT2D eigenvalue weighted by molar-refractivity contribution is -0.121. The molecule has 21 heavy (non-hydrogen) atoms. The van der Waals surface area contributed by atoms with Crippen LogP contribution in [0.3, 0.4) is 0 Å². The minimum Gasteiger partial charge on any atom is -0.497 e. The number of rotatable bonds is 6. The smallest absolute Gasteiger partial charge is 0.221 e. The first-order valence-electron chi connectivity index (χ1n) is 7.04. The highest BCUT2D eigenvalue weighted by Crippen LogP contribution is 2.20. The summed E-state index contributed by atoms with van der Waals surface area (Å²) in [4.78, 5) is 14.9. The van der Waals surface area contributed by atoms with E-state index in [9.17, 15) is 4.79 Å².